The van der Waals surface area contributed by atoms with Crippen LogP contribution in [0.1, 0.15) is 0 Å². The summed E-state index contributed by atoms with van der Waals surface area (Å²) in [6, 6.07) is 12.4. The molecule has 1 aromatic carbocycles. The van der Waals surface area contributed by atoms with E-state index in [2.05, 4.69) is 4.98 Å². The van der Waals surface area contributed by atoms with Gasteiger partial charge in [-0.3, -0.25) is 0 Å². The van der Waals surface area contributed by atoms with Crippen LogP contribution in [0.5, 0.6) is 0 Å². The molecule has 1 heterocycles. The summed E-state index contributed by atoms with van der Waals surface area (Å²) in [5.74, 6) is -0.189. The van der Waals surface area contributed by atoms with Gasteiger partial charge in [-0.15, -0.1) is 0 Å². The Hall–Kier alpha value is -1.18. The summed E-state index contributed by atoms with van der Waals surface area (Å²) in [6.07, 6.45) is 1.78. The first kappa shape index (κ1) is 9.38. The van der Waals surface area contributed by atoms with Crippen molar-refractivity contribution in [2.24, 2.45) is 0 Å². The van der Waals surface area contributed by atoms with Crippen LogP contribution in [0.25, 0.3) is 0 Å². The van der Waals surface area contributed by atoms with E-state index in [-0.39, 0.29) is 20.8 Å². The molecule has 0 aliphatic carbocycles. The van der Waals surface area contributed by atoms with Gasteiger partial charge in [-0.05, 0) is 0 Å². The first-order valence-electron chi connectivity index (χ1n) is 4.19. The standard InChI is InChI=1S/C11H8FNSe/c12-9-4-6-10(7-5-9)14-11-3-1-2-8-13-11/h1-8H. The van der Waals surface area contributed by atoms with Crippen molar-refractivity contribution in [3.63, 3.8) is 0 Å². The third kappa shape index (κ3) is 2.41. The third-order valence-corrected chi connectivity index (χ3v) is 3.68. The maximum atomic E-state index is 12.6. The molecule has 2 rings (SSSR count). The Morgan fingerprint density at radius 3 is 2.43 bits per heavy atom. The van der Waals surface area contributed by atoms with Crippen molar-refractivity contribution >= 4 is 24.0 Å². The van der Waals surface area contributed by atoms with E-state index in [0.29, 0.717) is 0 Å². The van der Waals surface area contributed by atoms with E-state index in [4.69, 9.17) is 0 Å². The summed E-state index contributed by atoms with van der Waals surface area (Å²) in [6.45, 7) is 0. The molecule has 2 aromatic rings. The van der Waals surface area contributed by atoms with Gasteiger partial charge in [0, 0.05) is 0 Å². The second-order valence-corrected chi connectivity index (χ2v) is 5.02. The molecule has 0 atom stereocenters. The molecule has 0 radical (unpaired) electrons. The third-order valence-electron chi connectivity index (χ3n) is 1.67. The van der Waals surface area contributed by atoms with Gasteiger partial charge in [0.2, 0.25) is 0 Å². The van der Waals surface area contributed by atoms with Crippen molar-refractivity contribution in [3.8, 4) is 0 Å². The van der Waals surface area contributed by atoms with Crippen LogP contribution in [0.2, 0.25) is 0 Å². The fraction of sp³-hybridized carbons (Fsp3) is 0. The number of aromatic nitrogens is 1. The van der Waals surface area contributed by atoms with Gasteiger partial charge in [0.25, 0.3) is 0 Å². The second-order valence-electron chi connectivity index (χ2n) is 2.72. The number of hydrogen-bond donors (Lipinski definition) is 0. The molecule has 0 saturated carbocycles. The van der Waals surface area contributed by atoms with Crippen molar-refractivity contribution in [1.82, 2.24) is 4.98 Å². The summed E-state index contributed by atoms with van der Waals surface area (Å²) in [7, 11) is 0. The second kappa shape index (κ2) is 4.36. The van der Waals surface area contributed by atoms with Crippen LogP contribution in [-0.4, -0.2) is 19.9 Å². The van der Waals surface area contributed by atoms with Crippen molar-refractivity contribution in [2.75, 3.05) is 0 Å². The van der Waals surface area contributed by atoms with E-state index >= 15 is 0 Å². The molecule has 0 bridgehead atoms. The molecule has 0 saturated heterocycles. The molecule has 0 amide bonds. The molecule has 0 aliphatic heterocycles. The topological polar surface area (TPSA) is 12.9 Å². The average molecular weight is 252 g/mol. The molecule has 0 aliphatic rings. The van der Waals surface area contributed by atoms with Crippen LogP contribution in [-0.2, 0) is 0 Å². The van der Waals surface area contributed by atoms with E-state index in [9.17, 15) is 4.39 Å². The van der Waals surface area contributed by atoms with Crippen molar-refractivity contribution < 1.29 is 4.39 Å². The fourth-order valence-corrected chi connectivity index (χ4v) is 2.65. The molecular weight excluding hydrogens is 244 g/mol. The molecule has 1 aromatic heterocycles. The van der Waals surface area contributed by atoms with Crippen LogP contribution < -0.4 is 9.05 Å². The summed E-state index contributed by atoms with van der Waals surface area (Å²) in [4.78, 5) is 4.23. The van der Waals surface area contributed by atoms with Crippen LogP contribution >= 0.6 is 0 Å². The monoisotopic (exact) mass is 253 g/mol. The van der Waals surface area contributed by atoms with E-state index in [0.717, 1.165) is 9.05 Å². The van der Waals surface area contributed by atoms with Gasteiger partial charge < -0.3 is 0 Å². The first-order valence-corrected chi connectivity index (χ1v) is 5.90. The summed E-state index contributed by atoms with van der Waals surface area (Å²) < 4.78 is 14.8. The van der Waals surface area contributed by atoms with E-state index in [1.165, 1.54) is 12.1 Å². The van der Waals surface area contributed by atoms with Gasteiger partial charge in [-0.25, -0.2) is 0 Å². The minimum absolute atomic E-state index is 0.176. The molecule has 1 nitrogen and oxygen atoms in total. The SMILES string of the molecule is Fc1ccc([Se]c2ccccn2)cc1. The number of rotatable bonds is 2. The van der Waals surface area contributed by atoms with Crippen LogP contribution in [0.3, 0.4) is 0 Å². The van der Waals surface area contributed by atoms with E-state index < -0.39 is 0 Å². The average Bonchev–Trinajstić information content (AvgIpc) is 2.23. The zero-order valence-corrected chi connectivity index (χ0v) is 9.07. The Kier molecular flexibility index (Phi) is 2.92. The van der Waals surface area contributed by atoms with Gasteiger partial charge in [0.05, 0.1) is 0 Å². The molecule has 14 heavy (non-hydrogen) atoms. The first-order chi connectivity index (χ1) is 6.84. The van der Waals surface area contributed by atoms with Crippen molar-refractivity contribution in [1.29, 1.82) is 0 Å². The van der Waals surface area contributed by atoms with E-state index in [1.54, 1.807) is 6.20 Å². The number of hydrogen-bond acceptors (Lipinski definition) is 1. The summed E-state index contributed by atoms with van der Waals surface area (Å²) >= 11 is 0.176. The summed E-state index contributed by atoms with van der Waals surface area (Å²) in [5.41, 5.74) is 0. The van der Waals surface area contributed by atoms with E-state index in [1.807, 2.05) is 30.3 Å². The maximum absolute atomic E-state index is 12.6. The number of benzene rings is 1. The molecule has 0 unspecified atom stereocenters. The number of pyridine rings is 1. The Balaban J connectivity index is 2.16. The molecular formula is C11H8FNSe. The quantitative estimate of drug-likeness (QED) is 0.723. The Morgan fingerprint density at radius 1 is 1.00 bits per heavy atom. The number of nitrogens with zero attached hydrogens (tertiary/aromatic N) is 1. The predicted octanol–water partition coefficient (Wildman–Crippen LogP) is 0.876. The van der Waals surface area contributed by atoms with Crippen molar-refractivity contribution in [3.05, 3.63) is 54.5 Å². The van der Waals surface area contributed by atoms with Crippen LogP contribution in [0.4, 0.5) is 4.39 Å². The van der Waals surface area contributed by atoms with Crippen molar-refractivity contribution in [2.45, 2.75) is 0 Å². The Bertz CT molecular complexity index is 399. The molecule has 0 spiro atoms. The molecule has 3 heteroatoms. The Labute approximate surface area is 88.2 Å². The van der Waals surface area contributed by atoms with Gasteiger partial charge in [0.1, 0.15) is 0 Å². The predicted molar refractivity (Wildman–Crippen MR) is 55.7 cm³/mol. The fourth-order valence-electron chi connectivity index (χ4n) is 1.03. The summed E-state index contributed by atoms with van der Waals surface area (Å²) in [5, 5.41) is 0. The zero-order chi connectivity index (χ0) is 9.80. The van der Waals surface area contributed by atoms with Gasteiger partial charge in [-0.1, -0.05) is 0 Å². The van der Waals surface area contributed by atoms with Crippen LogP contribution in [0.15, 0.2) is 48.7 Å². The van der Waals surface area contributed by atoms with Crippen LogP contribution in [0, 0.1) is 5.82 Å². The number of halogens is 1. The molecule has 0 N–H and O–H groups in total. The van der Waals surface area contributed by atoms with Gasteiger partial charge >= 0.3 is 87.9 Å². The molecule has 0 fully saturated rings. The normalized spacial score (nSPS) is 10.1. The minimum atomic E-state index is -0.189. The molecule has 70 valence electrons. The van der Waals surface area contributed by atoms with Gasteiger partial charge in [-0.2, -0.15) is 0 Å². The van der Waals surface area contributed by atoms with Gasteiger partial charge in [0.15, 0.2) is 0 Å². The zero-order valence-electron chi connectivity index (χ0n) is 7.35. The Morgan fingerprint density at radius 2 is 1.79 bits per heavy atom.